The van der Waals surface area contributed by atoms with Gasteiger partial charge in [0.2, 0.25) is 0 Å². The Morgan fingerprint density at radius 1 is 1.05 bits per heavy atom. The number of allylic oxidation sites excluding steroid dienone is 3. The van der Waals surface area contributed by atoms with Gasteiger partial charge in [-0.15, -0.1) is 11.3 Å². The number of carbonyl (C=O) groups is 3. The van der Waals surface area contributed by atoms with Crippen LogP contribution in [0.1, 0.15) is 62.3 Å². The van der Waals surface area contributed by atoms with E-state index in [-0.39, 0.29) is 13.2 Å². The minimum absolute atomic E-state index is 0.151. The van der Waals surface area contributed by atoms with Crippen LogP contribution in [0, 0.1) is 5.92 Å². The number of Topliss-reactive ketones (excluding diaryl/α,β-unsaturated/α-hetero) is 1. The zero-order valence-electron chi connectivity index (χ0n) is 20.9. The Balaban J connectivity index is 1.97. The molecule has 2 heterocycles. The van der Waals surface area contributed by atoms with E-state index in [1.165, 1.54) is 11.3 Å². The maximum absolute atomic E-state index is 14.3. The summed E-state index contributed by atoms with van der Waals surface area (Å²) in [6, 6.07) is 8.90. The fourth-order valence-corrected chi connectivity index (χ4v) is 6.67. The predicted octanol–water partition coefficient (Wildman–Crippen LogP) is 6.55. The van der Waals surface area contributed by atoms with Crippen molar-refractivity contribution in [3.05, 3.63) is 78.7 Å². The first kappa shape index (κ1) is 27.4. The van der Waals surface area contributed by atoms with Crippen LogP contribution in [0.25, 0.3) is 0 Å². The zero-order chi connectivity index (χ0) is 26.7. The van der Waals surface area contributed by atoms with Crippen LogP contribution >= 0.6 is 34.5 Å². The molecule has 0 spiro atoms. The molecule has 196 valence electrons. The molecular formula is C28H29Cl2NO5S. The van der Waals surface area contributed by atoms with E-state index in [0.29, 0.717) is 51.0 Å². The Morgan fingerprint density at radius 2 is 1.76 bits per heavy atom. The van der Waals surface area contributed by atoms with Crippen molar-refractivity contribution in [3.63, 3.8) is 0 Å². The number of nitrogens with one attached hydrogen (secondary N) is 1. The highest BCUT2D eigenvalue weighted by molar-refractivity contribution is 7.10. The van der Waals surface area contributed by atoms with Crippen molar-refractivity contribution in [2.45, 2.75) is 51.9 Å². The lowest BCUT2D eigenvalue weighted by molar-refractivity contribution is -0.152. The number of esters is 2. The molecule has 2 aromatic rings. The summed E-state index contributed by atoms with van der Waals surface area (Å²) >= 11 is 14.8. The summed E-state index contributed by atoms with van der Waals surface area (Å²) in [5.74, 6) is -3.86. The lowest BCUT2D eigenvalue weighted by Gasteiger charge is -2.40. The van der Waals surface area contributed by atoms with Crippen LogP contribution in [0.4, 0.5) is 0 Å². The third kappa shape index (κ3) is 5.22. The van der Waals surface area contributed by atoms with Crippen LogP contribution in [0.15, 0.2) is 58.3 Å². The maximum Gasteiger partial charge on any atom is 0.336 e. The maximum atomic E-state index is 14.3. The first-order chi connectivity index (χ1) is 17.8. The number of halogens is 2. The van der Waals surface area contributed by atoms with E-state index in [9.17, 15) is 14.4 Å². The monoisotopic (exact) mass is 561 g/mol. The van der Waals surface area contributed by atoms with Crippen LogP contribution in [0.2, 0.25) is 10.0 Å². The summed E-state index contributed by atoms with van der Waals surface area (Å²) in [6.07, 6.45) is 1.71. The standard InChI is InChI=1S/C28H29Cl2NO5S/c1-4-9-18-24(28(34)36-6-3)25(22-16(29)10-7-11-17(22)30)23-19(31-18)14-15(20-12-8-13-37-20)21(26(23)32)27(33)35-5-2/h7-8,10-13,15,21,25,31H,4-6,9,14H2,1-3H3. The van der Waals surface area contributed by atoms with Crippen LogP contribution in [0.5, 0.6) is 0 Å². The van der Waals surface area contributed by atoms with Gasteiger partial charge in [0.15, 0.2) is 5.78 Å². The van der Waals surface area contributed by atoms with Gasteiger partial charge in [-0.05, 0) is 50.3 Å². The summed E-state index contributed by atoms with van der Waals surface area (Å²) in [5.41, 5.74) is 2.39. The number of ether oxygens (including phenoxy) is 2. The van der Waals surface area contributed by atoms with Gasteiger partial charge in [-0.25, -0.2) is 4.79 Å². The summed E-state index contributed by atoms with van der Waals surface area (Å²) in [7, 11) is 0. The second-order valence-electron chi connectivity index (χ2n) is 8.87. The Kier molecular flexibility index (Phi) is 8.78. The van der Waals surface area contributed by atoms with Crippen LogP contribution in [0.3, 0.4) is 0 Å². The fourth-order valence-electron chi connectivity index (χ4n) is 5.19. The normalized spacial score (nSPS) is 21.4. The highest BCUT2D eigenvalue weighted by atomic mass is 35.5. The summed E-state index contributed by atoms with van der Waals surface area (Å²) < 4.78 is 10.8. The van der Waals surface area contributed by atoms with Gasteiger partial charge in [-0.1, -0.05) is 48.7 Å². The van der Waals surface area contributed by atoms with Gasteiger partial charge >= 0.3 is 11.9 Å². The molecule has 4 rings (SSSR count). The van der Waals surface area contributed by atoms with Gasteiger partial charge in [-0.3, -0.25) is 9.59 Å². The van der Waals surface area contributed by atoms with Crippen LogP contribution in [-0.2, 0) is 23.9 Å². The molecule has 0 amide bonds. The molecule has 3 unspecified atom stereocenters. The summed E-state index contributed by atoms with van der Waals surface area (Å²) in [4.78, 5) is 41.9. The van der Waals surface area contributed by atoms with Gasteiger partial charge in [0.05, 0.1) is 24.7 Å². The lowest BCUT2D eigenvalue weighted by atomic mass is 9.68. The lowest BCUT2D eigenvalue weighted by Crippen LogP contribution is -2.43. The summed E-state index contributed by atoms with van der Waals surface area (Å²) in [5, 5.41) is 5.97. The topological polar surface area (TPSA) is 81.7 Å². The number of dihydropyridines is 1. The van der Waals surface area contributed by atoms with E-state index in [4.69, 9.17) is 32.7 Å². The number of rotatable bonds is 8. The highest BCUT2D eigenvalue weighted by Crippen LogP contribution is 2.51. The molecule has 0 saturated heterocycles. The Morgan fingerprint density at radius 3 is 2.35 bits per heavy atom. The fraction of sp³-hybridized carbons (Fsp3) is 0.393. The predicted molar refractivity (Wildman–Crippen MR) is 145 cm³/mol. The molecule has 2 aliphatic rings. The van der Waals surface area contributed by atoms with E-state index in [2.05, 4.69) is 5.32 Å². The van der Waals surface area contributed by atoms with Gasteiger partial charge < -0.3 is 14.8 Å². The number of hydrogen-bond donors (Lipinski definition) is 1. The van der Waals surface area contributed by atoms with Crippen molar-refractivity contribution in [1.82, 2.24) is 5.32 Å². The Labute approximate surface area is 230 Å². The van der Waals surface area contributed by atoms with E-state index in [1.807, 2.05) is 24.4 Å². The number of benzene rings is 1. The molecule has 1 aliphatic carbocycles. The van der Waals surface area contributed by atoms with Crippen molar-refractivity contribution in [2.24, 2.45) is 5.92 Å². The van der Waals surface area contributed by atoms with Crippen molar-refractivity contribution >= 4 is 52.3 Å². The average Bonchev–Trinajstić information content (AvgIpc) is 3.39. The Hall–Kier alpha value is -2.61. The molecule has 1 aromatic carbocycles. The van der Waals surface area contributed by atoms with E-state index >= 15 is 0 Å². The van der Waals surface area contributed by atoms with Crippen molar-refractivity contribution in [3.8, 4) is 0 Å². The van der Waals surface area contributed by atoms with Crippen molar-refractivity contribution in [1.29, 1.82) is 0 Å². The van der Waals surface area contributed by atoms with Gasteiger partial charge in [0, 0.05) is 43.4 Å². The number of thiophene rings is 1. The first-order valence-corrected chi connectivity index (χ1v) is 14.1. The third-order valence-corrected chi connectivity index (χ3v) is 8.30. The highest BCUT2D eigenvalue weighted by Gasteiger charge is 2.50. The molecule has 37 heavy (non-hydrogen) atoms. The molecule has 9 heteroatoms. The SMILES string of the molecule is CCCC1=C(C(=O)OCC)C(c2c(Cl)cccc2Cl)C2=C(CC(c3cccs3)C(C(=O)OCC)C2=O)N1. The van der Waals surface area contributed by atoms with E-state index in [0.717, 1.165) is 11.3 Å². The first-order valence-electron chi connectivity index (χ1n) is 12.4. The minimum Gasteiger partial charge on any atom is -0.465 e. The van der Waals surface area contributed by atoms with Crippen LogP contribution in [-0.4, -0.2) is 30.9 Å². The molecule has 6 nitrogen and oxygen atoms in total. The number of carbonyl (C=O) groups excluding carboxylic acids is 3. The molecule has 0 radical (unpaired) electrons. The van der Waals surface area contributed by atoms with Crippen LogP contribution < -0.4 is 5.32 Å². The number of ketones is 1. The molecule has 0 saturated carbocycles. The Bertz CT molecular complexity index is 1250. The molecule has 1 N–H and O–H groups in total. The largest absolute Gasteiger partial charge is 0.465 e. The third-order valence-electron chi connectivity index (χ3n) is 6.64. The second-order valence-corrected chi connectivity index (χ2v) is 10.7. The van der Waals surface area contributed by atoms with Crippen molar-refractivity contribution in [2.75, 3.05) is 13.2 Å². The minimum atomic E-state index is -1.06. The number of hydrogen-bond acceptors (Lipinski definition) is 7. The zero-order valence-corrected chi connectivity index (χ0v) is 23.3. The molecule has 3 atom stereocenters. The molecule has 1 aliphatic heterocycles. The molecule has 0 fully saturated rings. The summed E-state index contributed by atoms with van der Waals surface area (Å²) in [6.45, 7) is 5.76. The smallest absolute Gasteiger partial charge is 0.336 e. The van der Waals surface area contributed by atoms with Gasteiger partial charge in [-0.2, -0.15) is 0 Å². The molecular weight excluding hydrogens is 533 g/mol. The van der Waals surface area contributed by atoms with E-state index < -0.39 is 35.5 Å². The van der Waals surface area contributed by atoms with Crippen molar-refractivity contribution < 1.29 is 23.9 Å². The molecule has 1 aromatic heterocycles. The quantitative estimate of drug-likeness (QED) is 0.290. The van der Waals surface area contributed by atoms with Gasteiger partial charge in [0.25, 0.3) is 0 Å². The molecule has 0 bridgehead atoms. The van der Waals surface area contributed by atoms with E-state index in [1.54, 1.807) is 32.0 Å². The second kappa shape index (κ2) is 11.8. The van der Waals surface area contributed by atoms with Gasteiger partial charge in [0.1, 0.15) is 5.92 Å². The average molecular weight is 563 g/mol.